The first-order valence-electron chi connectivity index (χ1n) is 5.79. The van der Waals surface area contributed by atoms with Crippen LogP contribution in [0.2, 0.25) is 0 Å². The van der Waals surface area contributed by atoms with Gasteiger partial charge in [-0.05, 0) is 24.1 Å². The largest absolute Gasteiger partial charge is 0.308 e. The highest BCUT2D eigenvalue weighted by atomic mass is 35.6. The molecule has 2 rings (SSSR count). The molecule has 1 aliphatic heterocycles. The van der Waals surface area contributed by atoms with Crippen molar-refractivity contribution in [1.29, 1.82) is 0 Å². The third-order valence-corrected chi connectivity index (χ3v) is 4.65. The second-order valence-corrected chi connectivity index (χ2v) is 9.11. The van der Waals surface area contributed by atoms with Crippen molar-refractivity contribution in [1.82, 2.24) is 16.4 Å². The molecule has 0 amide bonds. The van der Waals surface area contributed by atoms with Crippen LogP contribution < -0.4 is 16.4 Å². The molecular weight excluding hydrogens is 399 g/mol. The zero-order chi connectivity index (χ0) is 15.9. The Kier molecular flexibility index (Phi) is 5.19. The van der Waals surface area contributed by atoms with Crippen LogP contribution in [0.15, 0.2) is 36.0 Å². The molecule has 21 heavy (non-hydrogen) atoms. The quantitative estimate of drug-likeness (QED) is 0.600. The highest BCUT2D eigenvalue weighted by molar-refractivity contribution is 6.70. The molecule has 1 aliphatic rings. The van der Waals surface area contributed by atoms with E-state index < -0.39 is 13.1 Å². The fraction of sp³-hybridized carbons (Fsp3) is 0.333. The number of alkyl halides is 6. The summed E-state index contributed by atoms with van der Waals surface area (Å²) >= 11 is 36.4. The van der Waals surface area contributed by atoms with Gasteiger partial charge in [-0.2, -0.15) is 5.53 Å². The maximum atomic E-state index is 6.22. The number of hydrogen-bond acceptors (Lipinski definition) is 3. The lowest BCUT2D eigenvalue weighted by atomic mass is 9.87. The van der Waals surface area contributed by atoms with Crippen LogP contribution in [0.25, 0.3) is 0 Å². The second kappa shape index (κ2) is 6.14. The number of nitrogens with one attached hydrogen (secondary N) is 3. The molecule has 0 radical (unpaired) electrons. The molecule has 1 aromatic carbocycles. The van der Waals surface area contributed by atoms with Gasteiger partial charge in [0.2, 0.25) is 7.59 Å². The lowest BCUT2D eigenvalue weighted by Gasteiger charge is -2.43. The second-order valence-electron chi connectivity index (χ2n) is 4.55. The van der Waals surface area contributed by atoms with Gasteiger partial charge in [0, 0.05) is 0 Å². The first-order chi connectivity index (χ1) is 9.58. The number of halogens is 6. The van der Waals surface area contributed by atoms with Crippen LogP contribution in [-0.4, -0.2) is 7.59 Å². The van der Waals surface area contributed by atoms with Crippen LogP contribution in [0.1, 0.15) is 11.1 Å². The van der Waals surface area contributed by atoms with Crippen molar-refractivity contribution < 1.29 is 0 Å². The molecule has 0 saturated carbocycles. The molecule has 0 bridgehead atoms. The molecule has 0 aliphatic carbocycles. The molecule has 0 aromatic heterocycles. The van der Waals surface area contributed by atoms with Gasteiger partial charge in [-0.15, -0.1) is 0 Å². The van der Waals surface area contributed by atoms with E-state index in [0.29, 0.717) is 0 Å². The van der Waals surface area contributed by atoms with Crippen LogP contribution in [0.4, 0.5) is 0 Å². The Hall–Kier alpha value is 0.420. The molecule has 116 valence electrons. The topological polar surface area (TPSA) is 36.1 Å². The number of allylic oxidation sites excluding steroid dienone is 1. The summed E-state index contributed by atoms with van der Waals surface area (Å²) in [7, 11) is 0. The molecule has 3 N–H and O–H groups in total. The molecule has 1 unspecified atom stereocenters. The Morgan fingerprint density at radius 3 is 2.14 bits per heavy atom. The van der Waals surface area contributed by atoms with Crippen molar-refractivity contribution in [3.63, 3.8) is 0 Å². The van der Waals surface area contributed by atoms with Crippen molar-refractivity contribution in [3.05, 3.63) is 47.2 Å². The average Bonchev–Trinajstić information content (AvgIpc) is 2.37. The molecule has 1 heterocycles. The maximum Gasteiger partial charge on any atom is 0.231 e. The zero-order valence-corrected chi connectivity index (χ0v) is 15.2. The Morgan fingerprint density at radius 2 is 1.62 bits per heavy atom. The summed E-state index contributed by atoms with van der Waals surface area (Å²) < 4.78 is -3.44. The average molecular weight is 410 g/mol. The van der Waals surface area contributed by atoms with Gasteiger partial charge in [-0.3, -0.25) is 0 Å². The highest BCUT2D eigenvalue weighted by Crippen LogP contribution is 2.49. The van der Waals surface area contributed by atoms with Crippen LogP contribution in [0.3, 0.4) is 0 Å². The number of benzene rings is 1. The van der Waals surface area contributed by atoms with E-state index in [4.69, 9.17) is 69.6 Å². The van der Waals surface area contributed by atoms with E-state index in [2.05, 4.69) is 16.4 Å². The molecular formula is C12H11Cl6N3. The summed E-state index contributed by atoms with van der Waals surface area (Å²) in [6, 6.07) is 7.47. The van der Waals surface area contributed by atoms with E-state index in [1.54, 1.807) is 6.08 Å². The van der Waals surface area contributed by atoms with E-state index in [0.717, 1.165) is 11.1 Å². The van der Waals surface area contributed by atoms with Gasteiger partial charge in [-0.1, -0.05) is 93.9 Å². The fourth-order valence-electron chi connectivity index (χ4n) is 2.10. The smallest absolute Gasteiger partial charge is 0.231 e. The van der Waals surface area contributed by atoms with E-state index in [-0.39, 0.29) is 5.70 Å². The highest BCUT2D eigenvalue weighted by Gasteiger charge is 2.52. The molecule has 0 spiro atoms. The Morgan fingerprint density at radius 1 is 1.00 bits per heavy atom. The molecule has 0 saturated heterocycles. The van der Waals surface area contributed by atoms with Gasteiger partial charge in [-0.25, -0.2) is 5.43 Å². The summed E-state index contributed by atoms with van der Waals surface area (Å²) in [5.74, 6) is 0. The standard InChI is InChI=1S/C12H11Cl6N3/c1-7-4-2-3-5-8(7)10(12(16,17)18)6-9(11(13,14)15)19-21-20-10/h2-6,19-21H,1H3. The number of hydrazine groups is 2. The van der Waals surface area contributed by atoms with Crippen LogP contribution in [0, 0.1) is 6.92 Å². The summed E-state index contributed by atoms with van der Waals surface area (Å²) in [6.07, 6.45) is 1.56. The van der Waals surface area contributed by atoms with E-state index in [9.17, 15) is 0 Å². The molecule has 3 nitrogen and oxygen atoms in total. The Labute approximate surface area is 152 Å². The minimum Gasteiger partial charge on any atom is -0.308 e. The first-order valence-corrected chi connectivity index (χ1v) is 8.06. The van der Waals surface area contributed by atoms with Crippen molar-refractivity contribution in [2.75, 3.05) is 0 Å². The van der Waals surface area contributed by atoms with Gasteiger partial charge < -0.3 is 5.43 Å². The van der Waals surface area contributed by atoms with Crippen molar-refractivity contribution in [2.24, 2.45) is 0 Å². The van der Waals surface area contributed by atoms with Gasteiger partial charge in [0.05, 0.1) is 5.70 Å². The molecule has 1 atom stereocenters. The Balaban J connectivity index is 2.68. The van der Waals surface area contributed by atoms with Crippen LogP contribution >= 0.6 is 69.6 Å². The maximum absolute atomic E-state index is 6.22. The van der Waals surface area contributed by atoms with Gasteiger partial charge >= 0.3 is 0 Å². The lowest BCUT2D eigenvalue weighted by molar-refractivity contribution is 0.296. The van der Waals surface area contributed by atoms with E-state index in [1.165, 1.54) is 0 Å². The van der Waals surface area contributed by atoms with Gasteiger partial charge in [0.15, 0.2) is 0 Å². The van der Waals surface area contributed by atoms with E-state index in [1.807, 2.05) is 31.2 Å². The minimum atomic E-state index is -1.74. The third kappa shape index (κ3) is 3.51. The SMILES string of the molecule is Cc1ccccc1C1(C(Cl)(Cl)Cl)C=C(C(Cl)(Cl)Cl)NNN1. The summed E-state index contributed by atoms with van der Waals surface area (Å²) in [4.78, 5) is 0. The minimum absolute atomic E-state index is 0.251. The molecule has 0 fully saturated rings. The predicted octanol–water partition coefficient (Wildman–Crippen LogP) is 4.43. The summed E-state index contributed by atoms with van der Waals surface area (Å²) in [5, 5.41) is 0. The first kappa shape index (κ1) is 17.8. The monoisotopic (exact) mass is 407 g/mol. The van der Waals surface area contributed by atoms with Crippen molar-refractivity contribution in [3.8, 4) is 0 Å². The number of hydrogen-bond donors (Lipinski definition) is 3. The number of aryl methyl sites for hydroxylation is 1. The lowest BCUT2D eigenvalue weighted by Crippen LogP contribution is -2.64. The summed E-state index contributed by atoms with van der Waals surface area (Å²) in [5.41, 5.74) is 9.01. The van der Waals surface area contributed by atoms with Crippen LogP contribution in [-0.2, 0) is 5.54 Å². The van der Waals surface area contributed by atoms with Gasteiger partial charge in [0.1, 0.15) is 5.54 Å². The van der Waals surface area contributed by atoms with Crippen molar-refractivity contribution >= 4 is 69.6 Å². The van der Waals surface area contributed by atoms with Gasteiger partial charge in [0.25, 0.3) is 0 Å². The van der Waals surface area contributed by atoms with Crippen LogP contribution in [0.5, 0.6) is 0 Å². The molecule has 1 aromatic rings. The Bertz CT molecular complexity index is 563. The summed E-state index contributed by atoms with van der Waals surface area (Å²) in [6.45, 7) is 1.90. The predicted molar refractivity (Wildman–Crippen MR) is 90.9 cm³/mol. The fourth-order valence-corrected chi connectivity index (χ4v) is 3.02. The third-order valence-electron chi connectivity index (χ3n) is 3.14. The number of rotatable bonds is 1. The zero-order valence-electron chi connectivity index (χ0n) is 10.7. The molecule has 9 heteroatoms. The van der Waals surface area contributed by atoms with Crippen molar-refractivity contribution in [2.45, 2.75) is 20.0 Å². The normalized spacial score (nSPS) is 23.5. The van der Waals surface area contributed by atoms with E-state index >= 15 is 0 Å².